The number of rotatable bonds is 6. The van der Waals surface area contributed by atoms with Gasteiger partial charge >= 0.3 is 12.1 Å². The Hall–Kier alpha value is -2.90. The van der Waals surface area contributed by atoms with E-state index >= 15 is 0 Å². The van der Waals surface area contributed by atoms with E-state index in [-0.39, 0.29) is 17.4 Å². The van der Waals surface area contributed by atoms with E-state index < -0.39 is 29.7 Å². The lowest BCUT2D eigenvalue weighted by atomic mass is 9.84. The minimum atomic E-state index is -4.50. The number of allylic oxidation sites excluding steroid dienone is 3. The summed E-state index contributed by atoms with van der Waals surface area (Å²) in [6, 6.07) is 3.79. The minimum Gasteiger partial charge on any atom is -0.458 e. The Morgan fingerprint density at radius 3 is 2.45 bits per heavy atom. The molecule has 2 amide bonds. The summed E-state index contributed by atoms with van der Waals surface area (Å²) in [6.07, 6.45) is 1.98. The largest absolute Gasteiger partial charge is 0.458 e. The van der Waals surface area contributed by atoms with Crippen LogP contribution in [0.3, 0.4) is 0 Å². The first-order valence-electron chi connectivity index (χ1n) is 11.1. The molecule has 0 aromatic heterocycles. The van der Waals surface area contributed by atoms with Crippen LogP contribution < -0.4 is 0 Å². The Balaban J connectivity index is 1.76. The zero-order chi connectivity index (χ0) is 24.2. The van der Waals surface area contributed by atoms with Crippen LogP contribution in [0.25, 0.3) is 0 Å². The van der Waals surface area contributed by atoms with Crippen molar-refractivity contribution >= 4 is 17.8 Å². The predicted octanol–water partition coefficient (Wildman–Crippen LogP) is 5.46. The van der Waals surface area contributed by atoms with Crippen molar-refractivity contribution in [2.45, 2.75) is 64.7 Å². The summed E-state index contributed by atoms with van der Waals surface area (Å²) in [6.45, 7) is 4.36. The normalized spacial score (nSPS) is 20.9. The summed E-state index contributed by atoms with van der Waals surface area (Å²) < 4.78 is 44.1. The fourth-order valence-electron chi connectivity index (χ4n) is 4.15. The van der Waals surface area contributed by atoms with Crippen molar-refractivity contribution in [3.8, 4) is 0 Å². The molecule has 2 aliphatic rings. The maximum absolute atomic E-state index is 13.1. The molecule has 33 heavy (non-hydrogen) atoms. The van der Waals surface area contributed by atoms with E-state index in [1.807, 2.05) is 19.9 Å². The summed E-state index contributed by atoms with van der Waals surface area (Å²) in [5.41, 5.74) is 1.36. The second-order valence-corrected chi connectivity index (χ2v) is 8.73. The standard InChI is InChI=1S/C25H28F3NO4/c1-16(2)5-3-6-17-8-13-20(23(31)29-14-4-7-22(29)30)21(15-17)33-24(32)18-9-11-19(12-10-18)25(26,27)28/h5,8-12,20-21H,3-4,6-7,13-15H2,1-2H3/t20-,21-/m1/s1. The van der Waals surface area contributed by atoms with Crippen molar-refractivity contribution in [1.82, 2.24) is 4.90 Å². The Labute approximate surface area is 191 Å². The molecule has 178 valence electrons. The predicted molar refractivity (Wildman–Crippen MR) is 116 cm³/mol. The van der Waals surface area contributed by atoms with Gasteiger partial charge in [-0.15, -0.1) is 0 Å². The van der Waals surface area contributed by atoms with Gasteiger partial charge in [-0.2, -0.15) is 13.2 Å². The zero-order valence-electron chi connectivity index (χ0n) is 18.8. The summed E-state index contributed by atoms with van der Waals surface area (Å²) in [4.78, 5) is 39.1. The number of esters is 1. The fourth-order valence-corrected chi connectivity index (χ4v) is 4.15. The van der Waals surface area contributed by atoms with E-state index in [2.05, 4.69) is 6.08 Å². The van der Waals surface area contributed by atoms with Gasteiger partial charge in [0.15, 0.2) is 0 Å². The van der Waals surface area contributed by atoms with Crippen molar-refractivity contribution in [2.75, 3.05) is 6.54 Å². The number of carbonyl (C=O) groups is 3. The molecule has 0 radical (unpaired) electrons. The van der Waals surface area contributed by atoms with Gasteiger partial charge in [-0.1, -0.05) is 23.3 Å². The van der Waals surface area contributed by atoms with E-state index in [9.17, 15) is 27.6 Å². The molecule has 1 aromatic rings. The molecule has 1 fully saturated rings. The highest BCUT2D eigenvalue weighted by Gasteiger charge is 2.39. The number of imide groups is 1. The minimum absolute atomic E-state index is 0.0212. The van der Waals surface area contributed by atoms with Crippen molar-refractivity contribution in [1.29, 1.82) is 0 Å². The highest BCUT2D eigenvalue weighted by molar-refractivity contribution is 5.98. The quantitative estimate of drug-likeness (QED) is 0.319. The first-order chi connectivity index (χ1) is 15.6. The van der Waals surface area contributed by atoms with Gasteiger partial charge in [0.2, 0.25) is 11.8 Å². The molecular formula is C25H28F3NO4. The molecule has 1 aromatic carbocycles. The van der Waals surface area contributed by atoms with E-state index in [0.717, 1.165) is 42.7 Å². The van der Waals surface area contributed by atoms with Gasteiger partial charge in [-0.3, -0.25) is 14.5 Å². The zero-order valence-corrected chi connectivity index (χ0v) is 18.8. The molecule has 0 spiro atoms. The molecular weight excluding hydrogens is 435 g/mol. The third-order valence-electron chi connectivity index (χ3n) is 5.95. The van der Waals surface area contributed by atoms with Crippen LogP contribution >= 0.6 is 0 Å². The fraction of sp³-hybridized carbons (Fsp3) is 0.480. The first kappa shape index (κ1) is 24.7. The Morgan fingerprint density at radius 1 is 1.18 bits per heavy atom. The molecule has 0 bridgehead atoms. The molecule has 1 saturated heterocycles. The molecule has 3 rings (SSSR count). The van der Waals surface area contributed by atoms with Gasteiger partial charge in [0.05, 0.1) is 17.0 Å². The number of nitrogens with zero attached hydrogens (tertiary/aromatic N) is 1. The third-order valence-corrected chi connectivity index (χ3v) is 5.95. The first-order valence-corrected chi connectivity index (χ1v) is 11.1. The van der Waals surface area contributed by atoms with Crippen molar-refractivity contribution < 1.29 is 32.3 Å². The maximum Gasteiger partial charge on any atom is 0.416 e. The summed E-state index contributed by atoms with van der Waals surface area (Å²) in [5.74, 6) is -2.07. The topological polar surface area (TPSA) is 63.7 Å². The monoisotopic (exact) mass is 463 g/mol. The van der Waals surface area contributed by atoms with Crippen LogP contribution in [-0.4, -0.2) is 35.3 Å². The number of amides is 2. The number of hydrogen-bond acceptors (Lipinski definition) is 4. The van der Waals surface area contributed by atoms with Crippen molar-refractivity contribution in [3.05, 3.63) is 58.7 Å². The molecule has 0 N–H and O–H groups in total. The number of halogens is 3. The maximum atomic E-state index is 13.1. The Kier molecular flexibility index (Phi) is 7.76. The van der Waals surface area contributed by atoms with Crippen LogP contribution in [0.5, 0.6) is 0 Å². The SMILES string of the molecule is CC(C)=CCCC1=CC[C@@H](C(=O)N2CCCC2=O)[C@H](OC(=O)c2ccc(C(F)(F)F)cc2)C1. The summed E-state index contributed by atoms with van der Waals surface area (Å²) >= 11 is 0. The number of benzene rings is 1. The lowest BCUT2D eigenvalue weighted by molar-refractivity contribution is -0.147. The number of ether oxygens (including phenoxy) is 1. The molecule has 0 saturated carbocycles. The molecule has 1 aliphatic heterocycles. The lowest BCUT2D eigenvalue weighted by Crippen LogP contribution is -2.44. The Bertz CT molecular complexity index is 959. The van der Waals surface area contributed by atoms with Crippen molar-refractivity contribution in [2.24, 2.45) is 5.92 Å². The van der Waals surface area contributed by atoms with Crippen LogP contribution in [0.1, 0.15) is 68.3 Å². The van der Waals surface area contributed by atoms with Gasteiger partial charge in [0, 0.05) is 19.4 Å². The number of hydrogen-bond donors (Lipinski definition) is 0. The van der Waals surface area contributed by atoms with E-state index in [1.54, 1.807) is 0 Å². The van der Waals surface area contributed by atoms with Crippen molar-refractivity contribution in [3.63, 3.8) is 0 Å². The number of likely N-dealkylation sites (tertiary alicyclic amines) is 1. The molecule has 8 heteroatoms. The number of alkyl halides is 3. The van der Waals surface area contributed by atoms with Crippen LogP contribution in [-0.2, 0) is 20.5 Å². The van der Waals surface area contributed by atoms with Gasteiger partial charge < -0.3 is 4.74 Å². The van der Waals surface area contributed by atoms with Gasteiger partial charge in [0.25, 0.3) is 0 Å². The molecule has 1 heterocycles. The number of carbonyl (C=O) groups excluding carboxylic acids is 3. The molecule has 0 unspecified atom stereocenters. The van der Waals surface area contributed by atoms with E-state index in [0.29, 0.717) is 32.2 Å². The smallest absolute Gasteiger partial charge is 0.416 e. The summed E-state index contributed by atoms with van der Waals surface area (Å²) in [5, 5.41) is 0. The van der Waals surface area contributed by atoms with Gasteiger partial charge in [0.1, 0.15) is 6.10 Å². The molecule has 5 nitrogen and oxygen atoms in total. The average molecular weight is 463 g/mol. The van der Waals surface area contributed by atoms with Gasteiger partial charge in [-0.05, 0) is 63.8 Å². The Morgan fingerprint density at radius 2 is 1.88 bits per heavy atom. The highest BCUT2D eigenvalue weighted by atomic mass is 19.4. The van der Waals surface area contributed by atoms with Crippen LogP contribution in [0.15, 0.2) is 47.6 Å². The third kappa shape index (κ3) is 6.33. The molecule has 2 atom stereocenters. The second-order valence-electron chi connectivity index (χ2n) is 8.73. The highest BCUT2D eigenvalue weighted by Crippen LogP contribution is 2.33. The summed E-state index contributed by atoms with van der Waals surface area (Å²) in [7, 11) is 0. The van der Waals surface area contributed by atoms with E-state index in [1.165, 1.54) is 10.5 Å². The van der Waals surface area contributed by atoms with Crippen LogP contribution in [0, 0.1) is 5.92 Å². The second kappa shape index (κ2) is 10.4. The van der Waals surface area contributed by atoms with Gasteiger partial charge in [-0.25, -0.2) is 4.79 Å². The molecule has 1 aliphatic carbocycles. The van der Waals surface area contributed by atoms with E-state index in [4.69, 9.17) is 4.74 Å². The lowest BCUT2D eigenvalue weighted by Gasteiger charge is -2.32. The van der Waals surface area contributed by atoms with Crippen LogP contribution in [0.2, 0.25) is 0 Å². The van der Waals surface area contributed by atoms with Crippen LogP contribution in [0.4, 0.5) is 13.2 Å². The average Bonchev–Trinajstić information content (AvgIpc) is 3.18.